The lowest BCUT2D eigenvalue weighted by molar-refractivity contribution is 0.0955. The molecule has 2 N–H and O–H groups in total. The highest BCUT2D eigenvalue weighted by Gasteiger charge is 2.27. The van der Waals surface area contributed by atoms with Crippen molar-refractivity contribution >= 4 is 27.5 Å². The van der Waals surface area contributed by atoms with Crippen LogP contribution in [0.2, 0.25) is 0 Å². The second kappa shape index (κ2) is 11.5. The lowest BCUT2D eigenvalue weighted by atomic mass is 10.1. The Hall–Kier alpha value is -3.49. The molecule has 0 spiro atoms. The fourth-order valence-corrected chi connectivity index (χ4v) is 5.84. The van der Waals surface area contributed by atoms with Crippen LogP contribution in [0, 0.1) is 6.92 Å². The van der Waals surface area contributed by atoms with Gasteiger partial charge in [-0.05, 0) is 61.6 Å². The summed E-state index contributed by atoms with van der Waals surface area (Å²) in [6.45, 7) is 3.20. The molecule has 0 bridgehead atoms. The maximum absolute atomic E-state index is 13.2. The van der Waals surface area contributed by atoms with Crippen molar-refractivity contribution in [2.75, 3.05) is 25.0 Å². The number of sulfonamides is 1. The predicted octanol–water partition coefficient (Wildman–Crippen LogP) is 4.39. The second-order valence-corrected chi connectivity index (χ2v) is 10.9. The van der Waals surface area contributed by atoms with E-state index in [0.29, 0.717) is 42.9 Å². The van der Waals surface area contributed by atoms with Crippen LogP contribution in [0.3, 0.4) is 0 Å². The number of nitrogens with zero attached hydrogens (tertiary/aromatic N) is 1. The topological polar surface area (TPSA) is 95.6 Å². The van der Waals surface area contributed by atoms with Gasteiger partial charge in [-0.1, -0.05) is 55.0 Å². The van der Waals surface area contributed by atoms with E-state index in [2.05, 4.69) is 10.6 Å². The molecular formula is C28H31N3O4S. The molecule has 7 nitrogen and oxygen atoms in total. The molecule has 3 aromatic carbocycles. The van der Waals surface area contributed by atoms with Crippen LogP contribution in [0.25, 0.3) is 0 Å². The Morgan fingerprint density at radius 2 is 1.53 bits per heavy atom. The second-order valence-electron chi connectivity index (χ2n) is 8.93. The first-order valence-corrected chi connectivity index (χ1v) is 13.6. The van der Waals surface area contributed by atoms with Crippen LogP contribution >= 0.6 is 0 Å². The number of carbonyl (C=O) groups is 2. The normalized spacial score (nSPS) is 14.2. The van der Waals surface area contributed by atoms with Gasteiger partial charge in [0, 0.05) is 25.2 Å². The summed E-state index contributed by atoms with van der Waals surface area (Å²) in [6.07, 6.45) is 3.39. The van der Waals surface area contributed by atoms with Crippen molar-refractivity contribution < 1.29 is 18.0 Å². The number of para-hydroxylation sites is 1. The Kier molecular flexibility index (Phi) is 8.18. The molecule has 36 heavy (non-hydrogen) atoms. The third-order valence-corrected chi connectivity index (χ3v) is 8.26. The van der Waals surface area contributed by atoms with Gasteiger partial charge in [-0.2, -0.15) is 4.31 Å². The fraction of sp³-hybridized carbons (Fsp3) is 0.286. The molecule has 1 aliphatic rings. The molecule has 1 aliphatic heterocycles. The first-order chi connectivity index (χ1) is 17.4. The Morgan fingerprint density at radius 3 is 2.28 bits per heavy atom. The zero-order chi connectivity index (χ0) is 25.5. The molecule has 1 saturated heterocycles. The third kappa shape index (κ3) is 6.01. The number of amides is 2. The van der Waals surface area contributed by atoms with E-state index in [1.165, 1.54) is 10.4 Å². The highest BCUT2D eigenvalue weighted by Crippen LogP contribution is 2.24. The van der Waals surface area contributed by atoms with Crippen LogP contribution in [0.1, 0.15) is 51.1 Å². The van der Waals surface area contributed by atoms with Crippen molar-refractivity contribution in [3.63, 3.8) is 0 Å². The number of hydrogen-bond donors (Lipinski definition) is 2. The zero-order valence-corrected chi connectivity index (χ0v) is 21.2. The van der Waals surface area contributed by atoms with E-state index in [1.54, 1.807) is 43.3 Å². The van der Waals surface area contributed by atoms with Gasteiger partial charge in [-0.15, -0.1) is 0 Å². The summed E-state index contributed by atoms with van der Waals surface area (Å²) in [4.78, 5) is 26.2. The highest BCUT2D eigenvalue weighted by atomic mass is 32.2. The van der Waals surface area contributed by atoms with Crippen LogP contribution < -0.4 is 10.6 Å². The average molecular weight is 506 g/mol. The maximum Gasteiger partial charge on any atom is 0.255 e. The number of rotatable bonds is 8. The largest absolute Gasteiger partial charge is 0.352 e. The predicted molar refractivity (Wildman–Crippen MR) is 141 cm³/mol. The van der Waals surface area contributed by atoms with E-state index in [-0.39, 0.29) is 16.4 Å². The number of benzene rings is 3. The van der Waals surface area contributed by atoms with E-state index in [0.717, 1.165) is 24.8 Å². The van der Waals surface area contributed by atoms with E-state index in [1.807, 2.05) is 30.3 Å². The Labute approximate surface area is 212 Å². The number of hydrogen-bond acceptors (Lipinski definition) is 4. The lowest BCUT2D eigenvalue weighted by Gasteiger charge is -2.26. The van der Waals surface area contributed by atoms with Crippen LogP contribution in [0.15, 0.2) is 77.7 Å². The molecule has 188 valence electrons. The molecule has 8 heteroatoms. The monoisotopic (exact) mass is 505 g/mol. The molecule has 0 saturated carbocycles. The van der Waals surface area contributed by atoms with Crippen molar-refractivity contribution in [1.82, 2.24) is 9.62 Å². The summed E-state index contributed by atoms with van der Waals surface area (Å²) in [5, 5.41) is 5.71. The van der Waals surface area contributed by atoms with Gasteiger partial charge in [-0.3, -0.25) is 9.59 Å². The van der Waals surface area contributed by atoms with Crippen molar-refractivity contribution in [3.8, 4) is 0 Å². The van der Waals surface area contributed by atoms with Gasteiger partial charge >= 0.3 is 0 Å². The van der Waals surface area contributed by atoms with E-state index < -0.39 is 15.9 Å². The summed E-state index contributed by atoms with van der Waals surface area (Å²) in [5.74, 6) is -0.757. The summed E-state index contributed by atoms with van der Waals surface area (Å²) < 4.78 is 27.7. The standard InChI is InChI=1S/C28H31N3O4S/c1-21-14-15-23(36(34,35)31-18-8-3-9-19-31)20-25(21)28(33)30-26-13-7-6-12-24(26)27(32)29-17-16-22-10-4-2-5-11-22/h2,4-7,10-15,20H,3,8-9,16-19H2,1H3,(H,29,32)(H,30,33). The third-order valence-electron chi connectivity index (χ3n) is 6.37. The van der Waals surface area contributed by atoms with Gasteiger partial charge in [0.1, 0.15) is 0 Å². The van der Waals surface area contributed by atoms with E-state index in [4.69, 9.17) is 0 Å². The van der Waals surface area contributed by atoms with Gasteiger partial charge in [0.05, 0.1) is 16.1 Å². The fourth-order valence-electron chi connectivity index (χ4n) is 4.30. The minimum Gasteiger partial charge on any atom is -0.352 e. The molecular weight excluding hydrogens is 474 g/mol. The molecule has 3 aromatic rings. The summed E-state index contributed by atoms with van der Waals surface area (Å²) in [5.41, 5.74) is 2.73. The molecule has 2 amide bonds. The molecule has 0 aliphatic carbocycles. The summed E-state index contributed by atoms with van der Waals surface area (Å²) >= 11 is 0. The lowest BCUT2D eigenvalue weighted by Crippen LogP contribution is -2.35. The molecule has 0 aromatic heterocycles. The van der Waals surface area contributed by atoms with Crippen LogP contribution in [-0.4, -0.2) is 44.2 Å². The number of anilines is 1. The number of nitrogens with one attached hydrogen (secondary N) is 2. The van der Waals surface area contributed by atoms with Gasteiger partial charge in [-0.25, -0.2) is 8.42 Å². The van der Waals surface area contributed by atoms with Crippen LogP contribution in [-0.2, 0) is 16.4 Å². The molecule has 1 heterocycles. The smallest absolute Gasteiger partial charge is 0.255 e. The number of aryl methyl sites for hydroxylation is 1. The van der Waals surface area contributed by atoms with Gasteiger partial charge < -0.3 is 10.6 Å². The number of carbonyl (C=O) groups excluding carboxylic acids is 2. The summed E-state index contributed by atoms with van der Waals surface area (Å²) in [7, 11) is -3.67. The Morgan fingerprint density at radius 1 is 0.833 bits per heavy atom. The Bertz CT molecular complexity index is 1330. The minimum absolute atomic E-state index is 0.104. The zero-order valence-electron chi connectivity index (χ0n) is 20.4. The summed E-state index contributed by atoms with van der Waals surface area (Å²) in [6, 6.07) is 21.3. The van der Waals surface area contributed by atoms with Crippen molar-refractivity contribution in [2.24, 2.45) is 0 Å². The first kappa shape index (κ1) is 25.6. The molecule has 1 fully saturated rings. The molecule has 0 unspecified atom stereocenters. The van der Waals surface area contributed by atoms with E-state index >= 15 is 0 Å². The molecule has 0 radical (unpaired) electrons. The Balaban J connectivity index is 1.49. The van der Waals surface area contributed by atoms with Crippen molar-refractivity contribution in [1.29, 1.82) is 0 Å². The van der Waals surface area contributed by atoms with Gasteiger partial charge in [0.15, 0.2) is 0 Å². The first-order valence-electron chi connectivity index (χ1n) is 12.2. The minimum atomic E-state index is -3.67. The quantitative estimate of drug-likeness (QED) is 0.475. The maximum atomic E-state index is 13.2. The molecule has 0 atom stereocenters. The SMILES string of the molecule is Cc1ccc(S(=O)(=O)N2CCCCC2)cc1C(=O)Nc1ccccc1C(=O)NCCc1ccccc1. The van der Waals surface area contributed by atoms with Gasteiger partial charge in [0.2, 0.25) is 10.0 Å². The van der Waals surface area contributed by atoms with Crippen LogP contribution in [0.5, 0.6) is 0 Å². The highest BCUT2D eigenvalue weighted by molar-refractivity contribution is 7.89. The van der Waals surface area contributed by atoms with E-state index in [9.17, 15) is 18.0 Å². The van der Waals surface area contributed by atoms with Gasteiger partial charge in [0.25, 0.3) is 11.8 Å². The molecule has 4 rings (SSSR count). The average Bonchev–Trinajstić information content (AvgIpc) is 2.90. The van der Waals surface area contributed by atoms with Crippen molar-refractivity contribution in [3.05, 3.63) is 95.1 Å². The van der Waals surface area contributed by atoms with Crippen LogP contribution in [0.4, 0.5) is 5.69 Å². The van der Waals surface area contributed by atoms with Crippen molar-refractivity contribution in [2.45, 2.75) is 37.5 Å². The number of piperidine rings is 1.